The van der Waals surface area contributed by atoms with Gasteiger partial charge in [0.1, 0.15) is 0 Å². The van der Waals surface area contributed by atoms with Crippen LogP contribution in [0.4, 0.5) is 0 Å². The van der Waals surface area contributed by atoms with E-state index < -0.39 is 0 Å². The van der Waals surface area contributed by atoms with E-state index in [9.17, 15) is 0 Å². The van der Waals surface area contributed by atoms with Gasteiger partial charge in [0.2, 0.25) is 0 Å². The molecule has 0 aromatic heterocycles. The summed E-state index contributed by atoms with van der Waals surface area (Å²) >= 11 is 0. The van der Waals surface area contributed by atoms with Crippen molar-refractivity contribution in [1.82, 2.24) is 10.2 Å². The summed E-state index contributed by atoms with van der Waals surface area (Å²) in [6.07, 6.45) is 11.1. The zero-order valence-electron chi connectivity index (χ0n) is 12.4. The molecule has 0 radical (unpaired) electrons. The van der Waals surface area contributed by atoms with Crippen LogP contribution in [0.25, 0.3) is 0 Å². The van der Waals surface area contributed by atoms with Crippen molar-refractivity contribution in [2.24, 2.45) is 0 Å². The Morgan fingerprint density at radius 2 is 1.35 bits per heavy atom. The molecule has 0 aliphatic heterocycles. The Morgan fingerprint density at radius 3 is 2.00 bits per heavy atom. The Kier molecular flexibility index (Phi) is 13.9. The van der Waals surface area contributed by atoms with Crippen LogP contribution >= 0.6 is 0 Å². The molecule has 0 aromatic rings. The number of hydrogen-bond acceptors (Lipinski definition) is 2. The molecule has 0 saturated heterocycles. The summed E-state index contributed by atoms with van der Waals surface area (Å²) < 4.78 is 0. The van der Waals surface area contributed by atoms with Crippen molar-refractivity contribution in [3.8, 4) is 0 Å². The third-order valence-corrected chi connectivity index (χ3v) is 3.24. The number of rotatable bonds is 13. The molecule has 0 unspecified atom stereocenters. The minimum atomic E-state index is 1.14. The molecule has 17 heavy (non-hydrogen) atoms. The van der Waals surface area contributed by atoms with Gasteiger partial charge in [0.05, 0.1) is 0 Å². The lowest BCUT2D eigenvalue weighted by atomic mass is 10.1. The highest BCUT2D eigenvalue weighted by Gasteiger charge is 1.97. The highest BCUT2D eigenvalue weighted by Crippen LogP contribution is 2.06. The molecule has 0 amide bonds. The first-order valence-corrected chi connectivity index (χ1v) is 7.70. The smallest absolute Gasteiger partial charge is 0.0104 e. The molecule has 0 aromatic carbocycles. The zero-order chi connectivity index (χ0) is 12.8. The fourth-order valence-electron chi connectivity index (χ4n) is 2.02. The van der Waals surface area contributed by atoms with Crippen molar-refractivity contribution in [2.45, 2.75) is 65.2 Å². The Bertz CT molecular complexity index is 137. The predicted molar refractivity (Wildman–Crippen MR) is 78.7 cm³/mol. The van der Waals surface area contributed by atoms with Crippen molar-refractivity contribution < 1.29 is 0 Å². The van der Waals surface area contributed by atoms with Gasteiger partial charge in [0, 0.05) is 13.1 Å². The third kappa shape index (κ3) is 13.9. The van der Waals surface area contributed by atoms with Gasteiger partial charge in [-0.15, -0.1) is 0 Å². The van der Waals surface area contributed by atoms with Crippen molar-refractivity contribution in [3.63, 3.8) is 0 Å². The van der Waals surface area contributed by atoms with Crippen LogP contribution < -0.4 is 5.32 Å². The monoisotopic (exact) mass is 242 g/mol. The number of nitrogens with one attached hydrogen (secondary N) is 1. The summed E-state index contributed by atoms with van der Waals surface area (Å²) in [4.78, 5) is 2.45. The number of hydrogen-bond donors (Lipinski definition) is 1. The molecule has 104 valence electrons. The van der Waals surface area contributed by atoms with Gasteiger partial charge in [0.15, 0.2) is 0 Å². The molecular formula is C15H34N2. The lowest BCUT2D eigenvalue weighted by Gasteiger charge is -2.16. The molecule has 2 nitrogen and oxygen atoms in total. The minimum Gasteiger partial charge on any atom is -0.315 e. The second-order valence-corrected chi connectivity index (χ2v) is 5.17. The summed E-state index contributed by atoms with van der Waals surface area (Å²) in [6.45, 7) is 9.25. The lowest BCUT2D eigenvalue weighted by molar-refractivity contribution is 0.321. The molecule has 1 N–H and O–H groups in total. The molecule has 0 aliphatic carbocycles. The van der Waals surface area contributed by atoms with Crippen molar-refractivity contribution in [1.29, 1.82) is 0 Å². The van der Waals surface area contributed by atoms with Crippen LogP contribution in [0, 0.1) is 0 Å². The Hall–Kier alpha value is -0.0800. The van der Waals surface area contributed by atoms with E-state index >= 15 is 0 Å². The first kappa shape index (κ1) is 16.9. The molecule has 0 spiro atoms. The van der Waals surface area contributed by atoms with Gasteiger partial charge in [-0.1, -0.05) is 52.4 Å². The van der Waals surface area contributed by atoms with Crippen LogP contribution in [0.3, 0.4) is 0 Å². The van der Waals surface area contributed by atoms with E-state index in [0.717, 1.165) is 13.1 Å². The summed E-state index contributed by atoms with van der Waals surface area (Å²) in [6, 6.07) is 0. The van der Waals surface area contributed by atoms with Gasteiger partial charge in [-0.2, -0.15) is 0 Å². The normalized spacial score (nSPS) is 11.3. The molecule has 0 fully saturated rings. The maximum absolute atomic E-state index is 3.45. The maximum Gasteiger partial charge on any atom is 0.0104 e. The Balaban J connectivity index is 3.08. The molecule has 0 rings (SSSR count). The van der Waals surface area contributed by atoms with Crippen LogP contribution in [0.1, 0.15) is 65.2 Å². The van der Waals surface area contributed by atoms with E-state index in [2.05, 4.69) is 31.1 Å². The van der Waals surface area contributed by atoms with E-state index in [1.54, 1.807) is 0 Å². The first-order valence-electron chi connectivity index (χ1n) is 7.70. The van der Waals surface area contributed by atoms with Crippen LogP contribution in [-0.4, -0.2) is 38.1 Å². The predicted octanol–water partition coefficient (Wildman–Crippen LogP) is 3.67. The second kappa shape index (κ2) is 14.0. The average molecular weight is 242 g/mol. The summed E-state index contributed by atoms with van der Waals surface area (Å²) in [5.74, 6) is 0. The Labute approximate surface area is 109 Å². The van der Waals surface area contributed by atoms with Crippen LogP contribution in [0.2, 0.25) is 0 Å². The van der Waals surface area contributed by atoms with Crippen LogP contribution in [0.15, 0.2) is 0 Å². The second-order valence-electron chi connectivity index (χ2n) is 5.17. The molecule has 0 heterocycles. The number of nitrogens with zero attached hydrogens (tertiary/aromatic N) is 1. The fraction of sp³-hybridized carbons (Fsp3) is 1.00. The standard InChI is InChI=1S/C15H34N2/c1-4-6-7-8-9-10-11-14-17(3)15-13-16-12-5-2/h16H,4-15H2,1-3H3. The molecule has 2 heteroatoms. The Morgan fingerprint density at radius 1 is 0.706 bits per heavy atom. The molecule has 0 aliphatic rings. The maximum atomic E-state index is 3.45. The zero-order valence-corrected chi connectivity index (χ0v) is 12.4. The van der Waals surface area contributed by atoms with Gasteiger partial charge in [-0.3, -0.25) is 0 Å². The largest absolute Gasteiger partial charge is 0.315 e. The average Bonchev–Trinajstić information content (AvgIpc) is 2.33. The first-order chi connectivity index (χ1) is 8.31. The van der Waals surface area contributed by atoms with Crippen molar-refractivity contribution in [2.75, 3.05) is 33.2 Å². The summed E-state index contributed by atoms with van der Waals surface area (Å²) in [7, 11) is 2.24. The van der Waals surface area contributed by atoms with Gasteiger partial charge in [-0.05, 0) is 33.0 Å². The van der Waals surface area contributed by atoms with E-state index in [-0.39, 0.29) is 0 Å². The van der Waals surface area contributed by atoms with Gasteiger partial charge >= 0.3 is 0 Å². The topological polar surface area (TPSA) is 15.3 Å². The number of unbranched alkanes of at least 4 members (excludes halogenated alkanes) is 6. The van der Waals surface area contributed by atoms with E-state index in [1.165, 1.54) is 64.5 Å². The van der Waals surface area contributed by atoms with Crippen LogP contribution in [-0.2, 0) is 0 Å². The van der Waals surface area contributed by atoms with E-state index in [1.807, 2.05) is 0 Å². The van der Waals surface area contributed by atoms with Crippen LogP contribution in [0.5, 0.6) is 0 Å². The summed E-state index contributed by atoms with van der Waals surface area (Å²) in [5, 5.41) is 3.45. The quantitative estimate of drug-likeness (QED) is 0.496. The van der Waals surface area contributed by atoms with Gasteiger partial charge < -0.3 is 10.2 Å². The van der Waals surface area contributed by atoms with Crippen molar-refractivity contribution in [3.05, 3.63) is 0 Å². The fourth-order valence-corrected chi connectivity index (χ4v) is 2.02. The summed E-state index contributed by atoms with van der Waals surface area (Å²) in [5.41, 5.74) is 0. The molecule has 0 bridgehead atoms. The molecule has 0 saturated carbocycles. The van der Waals surface area contributed by atoms with Crippen molar-refractivity contribution >= 4 is 0 Å². The highest BCUT2D eigenvalue weighted by atomic mass is 15.1. The molecular weight excluding hydrogens is 208 g/mol. The van der Waals surface area contributed by atoms with E-state index in [4.69, 9.17) is 0 Å². The lowest BCUT2D eigenvalue weighted by Crippen LogP contribution is -2.30. The SMILES string of the molecule is CCCCCCCCCN(C)CCNCCC. The third-order valence-electron chi connectivity index (χ3n) is 3.24. The highest BCUT2D eigenvalue weighted by molar-refractivity contribution is 4.55. The van der Waals surface area contributed by atoms with Gasteiger partial charge in [-0.25, -0.2) is 0 Å². The van der Waals surface area contributed by atoms with Gasteiger partial charge in [0.25, 0.3) is 0 Å². The minimum absolute atomic E-state index is 1.14. The number of likely N-dealkylation sites (N-methyl/N-ethyl adjacent to an activating group) is 1. The molecule has 0 atom stereocenters. The van der Waals surface area contributed by atoms with E-state index in [0.29, 0.717) is 0 Å².